The van der Waals surface area contributed by atoms with Gasteiger partial charge in [0.25, 0.3) is 5.91 Å². The molecule has 3 nitrogen and oxygen atoms in total. The van der Waals surface area contributed by atoms with Crippen LogP contribution in [0.3, 0.4) is 0 Å². The van der Waals surface area contributed by atoms with E-state index in [0.717, 1.165) is 18.8 Å². The van der Waals surface area contributed by atoms with Crippen LogP contribution in [0.2, 0.25) is 0 Å². The van der Waals surface area contributed by atoms with Crippen molar-refractivity contribution in [1.29, 1.82) is 0 Å². The van der Waals surface area contributed by atoms with Gasteiger partial charge in [-0.15, -0.1) is 0 Å². The van der Waals surface area contributed by atoms with Crippen LogP contribution in [0.15, 0.2) is 24.3 Å². The smallest absolute Gasteiger partial charge is 0.260 e. The molecule has 0 unspecified atom stereocenters. The molecule has 0 saturated carbocycles. The van der Waals surface area contributed by atoms with E-state index >= 15 is 0 Å². The number of amides is 1. The molecule has 112 valence electrons. The van der Waals surface area contributed by atoms with Crippen molar-refractivity contribution in [3.63, 3.8) is 0 Å². The zero-order valence-electron chi connectivity index (χ0n) is 13.3. The Bertz CT molecular complexity index is 400. The van der Waals surface area contributed by atoms with Crippen molar-refractivity contribution in [2.24, 2.45) is 11.8 Å². The lowest BCUT2D eigenvalue weighted by molar-refractivity contribution is -0.134. The fourth-order valence-electron chi connectivity index (χ4n) is 2.03. The van der Waals surface area contributed by atoms with E-state index in [1.807, 2.05) is 36.1 Å². The maximum absolute atomic E-state index is 12.3. The lowest BCUT2D eigenvalue weighted by Crippen LogP contribution is -2.39. The molecule has 20 heavy (non-hydrogen) atoms. The topological polar surface area (TPSA) is 29.5 Å². The fraction of sp³-hybridized carbons (Fsp3) is 0.588. The van der Waals surface area contributed by atoms with Crippen molar-refractivity contribution in [3.8, 4) is 5.75 Å². The second-order valence-electron chi connectivity index (χ2n) is 6.19. The van der Waals surface area contributed by atoms with Crippen LogP contribution in [0, 0.1) is 18.8 Å². The van der Waals surface area contributed by atoms with Crippen LogP contribution in [-0.2, 0) is 4.79 Å². The Labute approximate surface area is 122 Å². The Morgan fingerprint density at radius 2 is 1.55 bits per heavy atom. The highest BCUT2D eigenvalue weighted by atomic mass is 16.5. The third kappa shape index (κ3) is 6.09. The van der Waals surface area contributed by atoms with Crippen LogP contribution in [0.5, 0.6) is 5.75 Å². The highest BCUT2D eigenvalue weighted by Gasteiger charge is 2.16. The Morgan fingerprint density at radius 3 is 2.00 bits per heavy atom. The first-order valence-electron chi connectivity index (χ1n) is 7.35. The first kappa shape index (κ1) is 16.5. The van der Waals surface area contributed by atoms with Gasteiger partial charge < -0.3 is 9.64 Å². The van der Waals surface area contributed by atoms with Gasteiger partial charge in [0.05, 0.1) is 0 Å². The molecule has 0 bridgehead atoms. The summed E-state index contributed by atoms with van der Waals surface area (Å²) < 4.78 is 5.58. The average molecular weight is 277 g/mol. The summed E-state index contributed by atoms with van der Waals surface area (Å²) in [5.41, 5.74) is 1.19. The van der Waals surface area contributed by atoms with E-state index in [1.54, 1.807) is 0 Å². The number of carbonyl (C=O) groups is 1. The molecule has 0 atom stereocenters. The van der Waals surface area contributed by atoms with Crippen LogP contribution >= 0.6 is 0 Å². The van der Waals surface area contributed by atoms with Gasteiger partial charge in [0.1, 0.15) is 5.75 Å². The SMILES string of the molecule is Cc1ccc(OCC(=O)N(CC(C)C)CC(C)C)cc1. The van der Waals surface area contributed by atoms with E-state index in [2.05, 4.69) is 27.7 Å². The van der Waals surface area contributed by atoms with Gasteiger partial charge in [-0.1, -0.05) is 45.4 Å². The molecule has 0 aliphatic heterocycles. The number of nitrogens with zero attached hydrogens (tertiary/aromatic N) is 1. The average Bonchev–Trinajstić information content (AvgIpc) is 2.36. The van der Waals surface area contributed by atoms with Gasteiger partial charge in [-0.2, -0.15) is 0 Å². The fourth-order valence-corrected chi connectivity index (χ4v) is 2.03. The van der Waals surface area contributed by atoms with Crippen molar-refractivity contribution in [2.45, 2.75) is 34.6 Å². The highest BCUT2D eigenvalue weighted by molar-refractivity contribution is 5.77. The molecule has 1 aromatic carbocycles. The number of aryl methyl sites for hydroxylation is 1. The van der Waals surface area contributed by atoms with Crippen LogP contribution < -0.4 is 4.74 Å². The van der Waals surface area contributed by atoms with Crippen molar-refractivity contribution in [3.05, 3.63) is 29.8 Å². The zero-order chi connectivity index (χ0) is 15.1. The molecule has 1 rings (SSSR count). The Balaban J connectivity index is 2.54. The largest absolute Gasteiger partial charge is 0.484 e. The molecule has 1 aromatic rings. The standard InChI is InChI=1S/C17H27NO2/c1-13(2)10-18(11-14(3)4)17(19)12-20-16-8-6-15(5)7-9-16/h6-9,13-14H,10-12H2,1-5H3. The summed E-state index contributed by atoms with van der Waals surface area (Å²) in [4.78, 5) is 14.2. The number of rotatable bonds is 7. The van der Waals surface area contributed by atoms with Crippen LogP contribution in [0.1, 0.15) is 33.3 Å². The summed E-state index contributed by atoms with van der Waals surface area (Å²) in [6.07, 6.45) is 0. The Kier molecular flexibility index (Phi) is 6.56. The minimum Gasteiger partial charge on any atom is -0.484 e. The zero-order valence-corrected chi connectivity index (χ0v) is 13.3. The van der Waals surface area contributed by atoms with Gasteiger partial charge in [-0.3, -0.25) is 4.79 Å². The predicted molar refractivity (Wildman–Crippen MR) is 82.9 cm³/mol. The van der Waals surface area contributed by atoms with E-state index in [4.69, 9.17) is 4.74 Å². The van der Waals surface area contributed by atoms with Gasteiger partial charge in [-0.05, 0) is 30.9 Å². The molecule has 0 saturated heterocycles. The van der Waals surface area contributed by atoms with E-state index in [-0.39, 0.29) is 12.5 Å². The number of carbonyl (C=O) groups excluding carboxylic acids is 1. The third-order valence-corrected chi connectivity index (χ3v) is 2.91. The van der Waals surface area contributed by atoms with Gasteiger partial charge in [0.2, 0.25) is 0 Å². The molecule has 0 fully saturated rings. The summed E-state index contributed by atoms with van der Waals surface area (Å²) in [6, 6.07) is 7.77. The third-order valence-electron chi connectivity index (χ3n) is 2.91. The monoisotopic (exact) mass is 277 g/mol. The molecule has 1 amide bonds. The Hall–Kier alpha value is -1.51. The molecular weight excluding hydrogens is 250 g/mol. The van der Waals surface area contributed by atoms with E-state index < -0.39 is 0 Å². The van der Waals surface area contributed by atoms with Gasteiger partial charge >= 0.3 is 0 Å². The molecule has 0 aliphatic carbocycles. The van der Waals surface area contributed by atoms with Crippen LogP contribution in [0.25, 0.3) is 0 Å². The molecule has 0 aromatic heterocycles. The summed E-state index contributed by atoms with van der Waals surface area (Å²) in [7, 11) is 0. The summed E-state index contributed by atoms with van der Waals surface area (Å²) in [6.45, 7) is 12.2. The molecule has 0 spiro atoms. The highest BCUT2D eigenvalue weighted by Crippen LogP contribution is 2.12. The molecular formula is C17H27NO2. The van der Waals surface area contributed by atoms with Crippen molar-refractivity contribution in [2.75, 3.05) is 19.7 Å². The predicted octanol–water partition coefficient (Wildman–Crippen LogP) is 3.51. The quantitative estimate of drug-likeness (QED) is 0.763. The molecule has 0 heterocycles. The number of benzene rings is 1. The normalized spacial score (nSPS) is 10.9. The summed E-state index contributed by atoms with van der Waals surface area (Å²) in [5.74, 6) is 1.75. The second-order valence-corrected chi connectivity index (χ2v) is 6.19. The molecule has 0 radical (unpaired) electrons. The lowest BCUT2D eigenvalue weighted by atomic mass is 10.1. The molecule has 0 N–H and O–H groups in total. The lowest BCUT2D eigenvalue weighted by Gasteiger charge is -2.26. The van der Waals surface area contributed by atoms with Gasteiger partial charge in [0.15, 0.2) is 6.61 Å². The molecule has 3 heteroatoms. The van der Waals surface area contributed by atoms with Crippen molar-refractivity contribution >= 4 is 5.91 Å². The van der Waals surface area contributed by atoms with Crippen LogP contribution in [0.4, 0.5) is 0 Å². The van der Waals surface area contributed by atoms with Crippen LogP contribution in [-0.4, -0.2) is 30.5 Å². The minimum absolute atomic E-state index is 0.0629. The second kappa shape index (κ2) is 7.93. The first-order chi connectivity index (χ1) is 9.38. The molecule has 0 aliphatic rings. The van der Waals surface area contributed by atoms with E-state index in [9.17, 15) is 4.79 Å². The maximum Gasteiger partial charge on any atom is 0.260 e. The Morgan fingerprint density at radius 1 is 1.05 bits per heavy atom. The van der Waals surface area contributed by atoms with E-state index in [1.165, 1.54) is 5.56 Å². The first-order valence-corrected chi connectivity index (χ1v) is 7.35. The van der Waals surface area contributed by atoms with E-state index in [0.29, 0.717) is 11.8 Å². The maximum atomic E-state index is 12.3. The minimum atomic E-state index is 0.0629. The van der Waals surface area contributed by atoms with Gasteiger partial charge in [-0.25, -0.2) is 0 Å². The number of hydrogen-bond donors (Lipinski definition) is 0. The number of ether oxygens (including phenoxy) is 1. The van der Waals surface area contributed by atoms with Gasteiger partial charge in [0, 0.05) is 13.1 Å². The van der Waals surface area contributed by atoms with Crippen molar-refractivity contribution in [1.82, 2.24) is 4.90 Å². The number of hydrogen-bond acceptors (Lipinski definition) is 2. The summed E-state index contributed by atoms with van der Waals surface area (Å²) in [5, 5.41) is 0. The summed E-state index contributed by atoms with van der Waals surface area (Å²) >= 11 is 0. The van der Waals surface area contributed by atoms with Crippen molar-refractivity contribution < 1.29 is 9.53 Å².